The lowest BCUT2D eigenvalue weighted by atomic mass is 9.87. The van der Waals surface area contributed by atoms with Crippen LogP contribution >= 0.6 is 0 Å². The zero-order valence-corrected chi connectivity index (χ0v) is 23.6. The van der Waals surface area contributed by atoms with Gasteiger partial charge in [-0.1, -0.05) is 49.6 Å². The van der Waals surface area contributed by atoms with E-state index in [9.17, 15) is 9.59 Å². The summed E-state index contributed by atoms with van der Waals surface area (Å²) < 4.78 is 0. The number of carbonyl (C=O) groups is 2. The molecule has 1 saturated carbocycles. The van der Waals surface area contributed by atoms with Gasteiger partial charge in [0.1, 0.15) is 5.69 Å². The first-order valence-corrected chi connectivity index (χ1v) is 14.6. The van der Waals surface area contributed by atoms with Crippen LogP contribution in [-0.2, 0) is 11.3 Å². The van der Waals surface area contributed by atoms with Crippen LogP contribution in [0, 0.1) is 12.8 Å². The van der Waals surface area contributed by atoms with Gasteiger partial charge in [0.05, 0.1) is 22.9 Å². The molecule has 39 heavy (non-hydrogen) atoms. The summed E-state index contributed by atoms with van der Waals surface area (Å²) >= 11 is 0. The van der Waals surface area contributed by atoms with Gasteiger partial charge in [0.15, 0.2) is 0 Å². The third-order valence-electron chi connectivity index (χ3n) is 8.34. The van der Waals surface area contributed by atoms with Gasteiger partial charge >= 0.3 is 0 Å². The zero-order valence-electron chi connectivity index (χ0n) is 23.6. The summed E-state index contributed by atoms with van der Waals surface area (Å²) in [5.74, 6) is 0.204. The van der Waals surface area contributed by atoms with Crippen molar-refractivity contribution in [3.63, 3.8) is 0 Å². The molecule has 1 aliphatic heterocycles. The number of carbonyl (C=O) groups excluding carboxylic acids is 2. The lowest BCUT2D eigenvalue weighted by Gasteiger charge is -2.33. The lowest BCUT2D eigenvalue weighted by molar-refractivity contribution is -0.123. The van der Waals surface area contributed by atoms with E-state index >= 15 is 0 Å². The van der Waals surface area contributed by atoms with Gasteiger partial charge in [0, 0.05) is 44.7 Å². The average molecular weight is 528 g/mol. The number of hydrogen-bond donors (Lipinski definition) is 0. The van der Waals surface area contributed by atoms with Gasteiger partial charge in [0.2, 0.25) is 5.91 Å². The SMILES string of the molecule is Cc1cccc2c1N(C(=O)C1CCCCC1)CCCN(C(C)C)CCN(C(=O)c1cnc3ccccc3n1)C2. The maximum absolute atomic E-state index is 14.0. The number of para-hydroxylation sites is 3. The molecule has 1 aromatic heterocycles. The van der Waals surface area contributed by atoms with Crippen molar-refractivity contribution in [2.45, 2.75) is 71.9 Å². The Hall–Kier alpha value is -3.32. The van der Waals surface area contributed by atoms with Gasteiger partial charge in [-0.25, -0.2) is 4.98 Å². The maximum Gasteiger partial charge on any atom is 0.274 e. The predicted octanol–water partition coefficient (Wildman–Crippen LogP) is 5.61. The van der Waals surface area contributed by atoms with Crippen molar-refractivity contribution in [3.05, 3.63) is 65.5 Å². The van der Waals surface area contributed by atoms with Crippen LogP contribution in [0.4, 0.5) is 5.69 Å². The Morgan fingerprint density at radius 3 is 2.41 bits per heavy atom. The van der Waals surface area contributed by atoms with Gasteiger partial charge in [-0.2, -0.15) is 0 Å². The second kappa shape index (κ2) is 12.2. The summed E-state index contributed by atoms with van der Waals surface area (Å²) in [4.78, 5) is 43.5. The highest BCUT2D eigenvalue weighted by atomic mass is 16.2. The molecule has 3 aromatic rings. The molecular formula is C32H41N5O2. The summed E-state index contributed by atoms with van der Waals surface area (Å²) in [6.45, 7) is 9.82. The molecule has 206 valence electrons. The van der Waals surface area contributed by atoms with Crippen LogP contribution in [0.1, 0.15) is 74.0 Å². The van der Waals surface area contributed by atoms with Crippen LogP contribution in [0.15, 0.2) is 48.7 Å². The fraction of sp³-hybridized carbons (Fsp3) is 0.500. The van der Waals surface area contributed by atoms with Crippen molar-refractivity contribution >= 4 is 28.5 Å². The Morgan fingerprint density at radius 1 is 0.872 bits per heavy atom. The van der Waals surface area contributed by atoms with E-state index in [1.54, 1.807) is 6.20 Å². The molecule has 0 saturated heterocycles. The van der Waals surface area contributed by atoms with Crippen LogP contribution in [0.3, 0.4) is 0 Å². The van der Waals surface area contributed by atoms with E-state index in [4.69, 9.17) is 0 Å². The molecule has 1 aliphatic carbocycles. The first kappa shape index (κ1) is 27.3. The molecule has 0 N–H and O–H groups in total. The molecule has 2 aromatic carbocycles. The molecule has 0 spiro atoms. The molecule has 0 radical (unpaired) electrons. The Labute approximate surface area is 232 Å². The molecule has 0 bridgehead atoms. The van der Waals surface area contributed by atoms with Crippen LogP contribution in [0.2, 0.25) is 0 Å². The van der Waals surface area contributed by atoms with Crippen LogP contribution in [0.25, 0.3) is 11.0 Å². The monoisotopic (exact) mass is 527 g/mol. The van der Waals surface area contributed by atoms with Crippen molar-refractivity contribution < 1.29 is 9.59 Å². The minimum absolute atomic E-state index is 0.0862. The lowest BCUT2D eigenvalue weighted by Crippen LogP contribution is -2.42. The predicted molar refractivity (Wildman–Crippen MR) is 156 cm³/mol. The standard InChI is InChI=1S/C32H41N5O2/c1-23(2)35-17-10-18-37(31(38)25-12-5-4-6-13-25)30-24(3)11-9-14-26(30)22-36(20-19-35)32(39)29-21-33-27-15-7-8-16-28(27)34-29/h7-9,11,14-16,21,23,25H,4-6,10,12-13,17-20,22H2,1-3H3. The second-order valence-corrected chi connectivity index (χ2v) is 11.4. The summed E-state index contributed by atoms with van der Waals surface area (Å²) in [5, 5.41) is 0. The molecule has 7 nitrogen and oxygen atoms in total. The first-order valence-electron chi connectivity index (χ1n) is 14.6. The molecule has 2 amide bonds. The molecular weight excluding hydrogens is 486 g/mol. The molecule has 0 atom stereocenters. The Bertz CT molecular complexity index is 1320. The summed E-state index contributed by atoms with van der Waals surface area (Å²) in [7, 11) is 0. The summed E-state index contributed by atoms with van der Waals surface area (Å²) in [5.41, 5.74) is 4.91. The number of fused-ring (bicyclic) bond motifs is 2. The highest BCUT2D eigenvalue weighted by Crippen LogP contribution is 2.32. The minimum atomic E-state index is -0.131. The van der Waals surface area contributed by atoms with E-state index in [0.717, 1.165) is 67.5 Å². The van der Waals surface area contributed by atoms with Crippen LogP contribution in [-0.4, -0.2) is 63.8 Å². The normalized spacial score (nSPS) is 18.2. The van der Waals surface area contributed by atoms with Crippen molar-refractivity contribution in [1.29, 1.82) is 0 Å². The molecule has 0 unspecified atom stereocenters. The van der Waals surface area contributed by atoms with E-state index in [0.29, 0.717) is 36.9 Å². The number of amides is 2. The van der Waals surface area contributed by atoms with Crippen molar-refractivity contribution in [3.8, 4) is 0 Å². The minimum Gasteiger partial charge on any atom is -0.332 e. The maximum atomic E-state index is 14.0. The molecule has 2 heterocycles. The quantitative estimate of drug-likeness (QED) is 0.443. The number of hydrogen-bond acceptors (Lipinski definition) is 5. The van der Waals surface area contributed by atoms with Crippen LogP contribution in [0.5, 0.6) is 0 Å². The summed E-state index contributed by atoms with van der Waals surface area (Å²) in [6, 6.07) is 14.2. The average Bonchev–Trinajstić information content (AvgIpc) is 2.99. The highest BCUT2D eigenvalue weighted by Gasteiger charge is 2.31. The van der Waals surface area contributed by atoms with E-state index in [1.807, 2.05) is 35.2 Å². The Morgan fingerprint density at radius 2 is 1.64 bits per heavy atom. The number of aromatic nitrogens is 2. The van der Waals surface area contributed by atoms with Crippen molar-refractivity contribution in [2.24, 2.45) is 5.92 Å². The van der Waals surface area contributed by atoms with Gasteiger partial charge in [0.25, 0.3) is 5.91 Å². The third-order valence-corrected chi connectivity index (χ3v) is 8.34. The fourth-order valence-corrected chi connectivity index (χ4v) is 6.13. The third kappa shape index (κ3) is 6.14. The smallest absolute Gasteiger partial charge is 0.274 e. The Kier molecular flexibility index (Phi) is 8.56. The largest absolute Gasteiger partial charge is 0.332 e. The van der Waals surface area contributed by atoms with Gasteiger partial charge in [-0.15, -0.1) is 0 Å². The molecule has 5 rings (SSSR count). The van der Waals surface area contributed by atoms with Gasteiger partial charge in [-0.3, -0.25) is 19.5 Å². The van der Waals surface area contributed by atoms with Gasteiger partial charge in [-0.05, 0) is 63.3 Å². The van der Waals surface area contributed by atoms with E-state index in [2.05, 4.69) is 52.7 Å². The fourth-order valence-electron chi connectivity index (χ4n) is 6.13. The Balaban J connectivity index is 1.53. The first-order chi connectivity index (χ1) is 18.9. The van der Waals surface area contributed by atoms with E-state index in [-0.39, 0.29) is 17.7 Å². The topological polar surface area (TPSA) is 69.6 Å². The van der Waals surface area contributed by atoms with Crippen molar-refractivity contribution in [1.82, 2.24) is 19.8 Å². The summed E-state index contributed by atoms with van der Waals surface area (Å²) in [6.07, 6.45) is 7.90. The number of rotatable bonds is 3. The second-order valence-electron chi connectivity index (χ2n) is 11.4. The van der Waals surface area contributed by atoms with E-state index in [1.165, 1.54) is 6.42 Å². The number of aryl methyl sites for hydroxylation is 1. The number of anilines is 1. The number of benzene rings is 2. The molecule has 7 heteroatoms. The molecule has 2 aliphatic rings. The van der Waals surface area contributed by atoms with Gasteiger partial charge < -0.3 is 9.80 Å². The van der Waals surface area contributed by atoms with Crippen LogP contribution < -0.4 is 4.90 Å². The molecule has 1 fully saturated rings. The zero-order chi connectivity index (χ0) is 27.4. The van der Waals surface area contributed by atoms with E-state index < -0.39 is 0 Å². The highest BCUT2D eigenvalue weighted by molar-refractivity contribution is 5.97. The van der Waals surface area contributed by atoms with Crippen molar-refractivity contribution in [2.75, 3.05) is 31.1 Å². The number of nitrogens with zero attached hydrogens (tertiary/aromatic N) is 5.